The van der Waals surface area contributed by atoms with Gasteiger partial charge in [-0.3, -0.25) is 4.79 Å². The van der Waals surface area contributed by atoms with Gasteiger partial charge in [0, 0.05) is 12.5 Å². The van der Waals surface area contributed by atoms with E-state index in [-0.39, 0.29) is 29.4 Å². The molecule has 138 valence electrons. The van der Waals surface area contributed by atoms with Gasteiger partial charge in [0.15, 0.2) is 0 Å². The fourth-order valence-electron chi connectivity index (χ4n) is 3.68. The van der Waals surface area contributed by atoms with E-state index in [1.807, 2.05) is 19.1 Å². The second-order valence-electron chi connectivity index (χ2n) is 7.75. The van der Waals surface area contributed by atoms with Gasteiger partial charge in [-0.25, -0.2) is 4.39 Å². The molecule has 2 aromatic rings. The summed E-state index contributed by atoms with van der Waals surface area (Å²) in [5, 5.41) is 9.83. The number of amides is 1. The molecule has 0 aromatic heterocycles. The monoisotopic (exact) mass is 356 g/mol. The number of nitrogens with two attached hydrogens (primary N) is 1. The molecule has 5 heteroatoms. The molecule has 26 heavy (non-hydrogen) atoms. The first kappa shape index (κ1) is 18.4. The largest absolute Gasteiger partial charge is 0.508 e. The molecule has 3 N–H and O–H groups in total. The van der Waals surface area contributed by atoms with Crippen molar-refractivity contribution in [3.05, 3.63) is 65.0 Å². The molecule has 1 unspecified atom stereocenters. The maximum absolute atomic E-state index is 14.4. The summed E-state index contributed by atoms with van der Waals surface area (Å²) in [5.74, 6) is -0.404. The van der Waals surface area contributed by atoms with Crippen LogP contribution in [0.5, 0.6) is 5.75 Å². The van der Waals surface area contributed by atoms with Crippen LogP contribution in [-0.2, 0) is 4.79 Å². The minimum atomic E-state index is -1.02. The number of rotatable bonds is 3. The van der Waals surface area contributed by atoms with E-state index in [1.54, 1.807) is 43.0 Å². The summed E-state index contributed by atoms with van der Waals surface area (Å²) in [4.78, 5) is 14.6. The van der Waals surface area contributed by atoms with Crippen LogP contribution in [0.3, 0.4) is 0 Å². The first-order valence-electron chi connectivity index (χ1n) is 8.81. The summed E-state index contributed by atoms with van der Waals surface area (Å²) in [5.41, 5.74) is 7.48. The highest BCUT2D eigenvalue weighted by Crippen LogP contribution is 2.42. The second kappa shape index (κ2) is 6.72. The van der Waals surface area contributed by atoms with Gasteiger partial charge in [-0.1, -0.05) is 29.8 Å². The van der Waals surface area contributed by atoms with Crippen molar-refractivity contribution in [2.75, 3.05) is 6.54 Å². The molecule has 1 saturated heterocycles. The first-order chi connectivity index (χ1) is 12.2. The minimum Gasteiger partial charge on any atom is -0.508 e. The van der Waals surface area contributed by atoms with Crippen LogP contribution in [0.15, 0.2) is 42.5 Å². The summed E-state index contributed by atoms with van der Waals surface area (Å²) < 4.78 is 14.4. The van der Waals surface area contributed by atoms with Gasteiger partial charge < -0.3 is 15.7 Å². The molecule has 1 heterocycles. The quantitative estimate of drug-likeness (QED) is 0.882. The van der Waals surface area contributed by atoms with E-state index in [2.05, 4.69) is 0 Å². The van der Waals surface area contributed by atoms with E-state index in [0.29, 0.717) is 18.5 Å². The lowest BCUT2D eigenvalue weighted by molar-refractivity contribution is -0.136. The molecule has 0 bridgehead atoms. The fraction of sp³-hybridized carbons (Fsp3) is 0.381. The molecule has 0 radical (unpaired) electrons. The summed E-state index contributed by atoms with van der Waals surface area (Å²) in [6, 6.07) is 11.7. The molecule has 1 aliphatic rings. The van der Waals surface area contributed by atoms with E-state index >= 15 is 0 Å². The van der Waals surface area contributed by atoms with Crippen molar-refractivity contribution in [3.8, 4) is 5.75 Å². The van der Waals surface area contributed by atoms with Gasteiger partial charge in [-0.2, -0.15) is 0 Å². The van der Waals surface area contributed by atoms with Crippen molar-refractivity contribution in [3.63, 3.8) is 0 Å². The van der Waals surface area contributed by atoms with Crippen molar-refractivity contribution in [1.82, 2.24) is 4.90 Å². The number of nitrogens with zero attached hydrogens (tertiary/aromatic N) is 1. The Kier molecular flexibility index (Phi) is 4.76. The van der Waals surface area contributed by atoms with Crippen molar-refractivity contribution in [2.45, 2.75) is 44.7 Å². The van der Waals surface area contributed by atoms with E-state index in [4.69, 9.17) is 5.73 Å². The maximum Gasteiger partial charge on any atom is 0.242 e. The fourth-order valence-corrected chi connectivity index (χ4v) is 3.68. The average molecular weight is 356 g/mol. The highest BCUT2D eigenvalue weighted by Gasteiger charge is 2.41. The Bertz CT molecular complexity index is 829. The molecule has 0 aliphatic carbocycles. The summed E-state index contributed by atoms with van der Waals surface area (Å²) >= 11 is 0. The number of aromatic hydroxyl groups is 1. The second-order valence-corrected chi connectivity index (χ2v) is 7.75. The van der Waals surface area contributed by atoms with E-state index in [9.17, 15) is 14.3 Å². The lowest BCUT2D eigenvalue weighted by Gasteiger charge is -2.31. The average Bonchev–Trinajstić information content (AvgIpc) is 3.00. The number of carbonyl (C=O) groups excluding carboxylic acids is 1. The molecule has 2 aromatic carbocycles. The number of carbonyl (C=O) groups is 1. The standard InChI is InChI=1S/C21H25FN2O2/c1-13-7-8-18(22)17(9-13)15-11-19(14-5-4-6-16(25)10-14)24(12-15)20(26)21(2,3)23/h4-10,15,19,25H,11-12,23H2,1-3H3/t15?,19-/m0/s1. The van der Waals surface area contributed by atoms with Crippen LogP contribution < -0.4 is 5.73 Å². The molecule has 1 aliphatic heterocycles. The molecular formula is C21H25FN2O2. The Hall–Kier alpha value is -2.40. The Morgan fingerprint density at radius 1 is 1.27 bits per heavy atom. The van der Waals surface area contributed by atoms with Crippen LogP contribution in [0.2, 0.25) is 0 Å². The van der Waals surface area contributed by atoms with Crippen molar-refractivity contribution < 1.29 is 14.3 Å². The molecule has 0 saturated carbocycles. The van der Waals surface area contributed by atoms with Crippen molar-refractivity contribution in [2.24, 2.45) is 5.73 Å². The van der Waals surface area contributed by atoms with Crippen LogP contribution in [-0.4, -0.2) is 28.0 Å². The van der Waals surface area contributed by atoms with Crippen molar-refractivity contribution >= 4 is 5.91 Å². The van der Waals surface area contributed by atoms with Gasteiger partial charge in [0.1, 0.15) is 11.6 Å². The van der Waals surface area contributed by atoms with Gasteiger partial charge in [0.25, 0.3) is 0 Å². The highest BCUT2D eigenvalue weighted by molar-refractivity contribution is 5.86. The zero-order valence-electron chi connectivity index (χ0n) is 15.4. The van der Waals surface area contributed by atoms with Crippen LogP contribution in [0.1, 0.15) is 48.9 Å². The lowest BCUT2D eigenvalue weighted by atomic mass is 9.92. The molecule has 2 atom stereocenters. The van der Waals surface area contributed by atoms with Crippen LogP contribution in [0, 0.1) is 12.7 Å². The predicted molar refractivity (Wildman–Crippen MR) is 99.3 cm³/mol. The third kappa shape index (κ3) is 3.58. The zero-order chi connectivity index (χ0) is 19.1. The number of halogens is 1. The van der Waals surface area contributed by atoms with E-state index in [1.165, 1.54) is 6.07 Å². The Balaban J connectivity index is 2.00. The Morgan fingerprint density at radius 2 is 2.00 bits per heavy atom. The predicted octanol–water partition coefficient (Wildman–Crippen LogP) is 3.63. The normalized spacial score (nSPS) is 20.4. The molecule has 3 rings (SSSR count). The maximum atomic E-state index is 14.4. The van der Waals surface area contributed by atoms with Gasteiger partial charge in [-0.05, 0) is 56.5 Å². The van der Waals surface area contributed by atoms with Gasteiger partial charge in [-0.15, -0.1) is 0 Å². The van der Waals surface area contributed by atoms with Gasteiger partial charge in [0.2, 0.25) is 5.91 Å². The molecule has 4 nitrogen and oxygen atoms in total. The van der Waals surface area contributed by atoms with E-state index in [0.717, 1.165) is 11.1 Å². The molecular weight excluding hydrogens is 331 g/mol. The number of phenolic OH excluding ortho intramolecular Hbond substituents is 1. The summed E-state index contributed by atoms with van der Waals surface area (Å²) in [6.45, 7) is 5.68. The number of aryl methyl sites for hydroxylation is 1. The van der Waals surface area contributed by atoms with Crippen molar-refractivity contribution in [1.29, 1.82) is 0 Å². The number of phenols is 1. The Morgan fingerprint density at radius 3 is 2.65 bits per heavy atom. The molecule has 1 amide bonds. The topological polar surface area (TPSA) is 66.6 Å². The van der Waals surface area contributed by atoms with Crippen LogP contribution >= 0.6 is 0 Å². The van der Waals surface area contributed by atoms with Gasteiger partial charge in [0.05, 0.1) is 11.6 Å². The van der Waals surface area contributed by atoms with Crippen LogP contribution in [0.25, 0.3) is 0 Å². The minimum absolute atomic E-state index is 0.117. The van der Waals surface area contributed by atoms with Crippen LogP contribution in [0.4, 0.5) is 4.39 Å². The SMILES string of the molecule is Cc1ccc(F)c(C2C[C@@H](c3cccc(O)c3)N(C(=O)C(C)(C)N)C2)c1. The summed E-state index contributed by atoms with van der Waals surface area (Å²) in [7, 11) is 0. The number of likely N-dealkylation sites (tertiary alicyclic amines) is 1. The summed E-state index contributed by atoms with van der Waals surface area (Å²) in [6.07, 6.45) is 0.589. The first-order valence-corrected chi connectivity index (χ1v) is 8.81. The number of hydrogen-bond donors (Lipinski definition) is 2. The smallest absolute Gasteiger partial charge is 0.242 e. The zero-order valence-corrected chi connectivity index (χ0v) is 15.4. The molecule has 1 fully saturated rings. The van der Waals surface area contributed by atoms with E-state index < -0.39 is 5.54 Å². The third-order valence-corrected chi connectivity index (χ3v) is 4.96. The lowest BCUT2D eigenvalue weighted by Crippen LogP contribution is -2.50. The molecule has 0 spiro atoms. The number of hydrogen-bond acceptors (Lipinski definition) is 3. The number of benzene rings is 2. The highest BCUT2D eigenvalue weighted by atomic mass is 19.1. The van der Waals surface area contributed by atoms with Gasteiger partial charge >= 0.3 is 0 Å². The Labute approximate surface area is 153 Å². The third-order valence-electron chi connectivity index (χ3n) is 4.96.